The minimum absolute atomic E-state index is 0.00459. The number of hydrogen-bond acceptors (Lipinski definition) is 4. The Bertz CT molecular complexity index is 807. The van der Waals surface area contributed by atoms with E-state index in [1.807, 2.05) is 18.2 Å². The summed E-state index contributed by atoms with van der Waals surface area (Å²) in [7, 11) is 0. The molecule has 1 saturated heterocycles. The second-order valence-corrected chi connectivity index (χ2v) is 6.63. The van der Waals surface area contributed by atoms with E-state index in [0.29, 0.717) is 18.7 Å². The van der Waals surface area contributed by atoms with Gasteiger partial charge in [-0.3, -0.25) is 4.79 Å². The molecule has 2 heterocycles. The van der Waals surface area contributed by atoms with Crippen LogP contribution in [0.2, 0.25) is 0 Å². The van der Waals surface area contributed by atoms with Crippen LogP contribution in [0.5, 0.6) is 5.75 Å². The number of anilines is 1. The molecular formula is C20H20F2N2O3. The van der Waals surface area contributed by atoms with Crippen molar-refractivity contribution < 1.29 is 23.0 Å². The molecule has 2 aliphatic rings. The summed E-state index contributed by atoms with van der Waals surface area (Å²) in [5, 5.41) is 3.39. The number of halogens is 2. The number of alkyl halides is 2. The summed E-state index contributed by atoms with van der Waals surface area (Å²) in [5.41, 5.74) is 2.16. The molecule has 142 valence electrons. The minimum atomic E-state index is -2.87. The largest absolute Gasteiger partial charge is 0.435 e. The molecule has 7 heteroatoms. The van der Waals surface area contributed by atoms with E-state index >= 15 is 0 Å². The first kappa shape index (κ1) is 17.7. The highest BCUT2D eigenvalue weighted by atomic mass is 19.3. The van der Waals surface area contributed by atoms with Gasteiger partial charge in [0.1, 0.15) is 11.9 Å². The first-order valence-electron chi connectivity index (χ1n) is 8.95. The third kappa shape index (κ3) is 3.73. The summed E-state index contributed by atoms with van der Waals surface area (Å²) in [5.74, 6) is 0.0136. The van der Waals surface area contributed by atoms with E-state index in [4.69, 9.17) is 4.74 Å². The maximum absolute atomic E-state index is 13.1. The second kappa shape index (κ2) is 7.52. The number of carbonyl (C=O) groups excluding carboxylic acids is 1. The lowest BCUT2D eigenvalue weighted by atomic mass is 10.0. The Morgan fingerprint density at radius 1 is 1.19 bits per heavy atom. The molecule has 2 aliphatic heterocycles. The summed E-state index contributed by atoms with van der Waals surface area (Å²) < 4.78 is 34.9. The molecule has 2 atom stereocenters. The predicted molar refractivity (Wildman–Crippen MR) is 95.9 cm³/mol. The van der Waals surface area contributed by atoms with Crippen molar-refractivity contribution in [3.63, 3.8) is 0 Å². The first-order valence-corrected chi connectivity index (χ1v) is 8.95. The SMILES string of the molecule is O=C1c2ccccc2NC(c2ccc(OC(F)F)cc2)N1CC1CCCO1. The molecule has 0 radical (unpaired) electrons. The zero-order valence-electron chi connectivity index (χ0n) is 14.6. The fourth-order valence-electron chi connectivity index (χ4n) is 3.58. The normalized spacial score (nSPS) is 21.9. The van der Waals surface area contributed by atoms with Crippen molar-refractivity contribution >= 4 is 11.6 Å². The Morgan fingerprint density at radius 2 is 1.96 bits per heavy atom. The van der Waals surface area contributed by atoms with Crippen LogP contribution in [-0.2, 0) is 4.74 Å². The maximum atomic E-state index is 13.1. The summed E-state index contributed by atoms with van der Waals surface area (Å²) in [6.45, 7) is -1.69. The van der Waals surface area contributed by atoms with Crippen LogP contribution in [-0.4, -0.2) is 36.7 Å². The number of nitrogens with one attached hydrogen (secondary N) is 1. The van der Waals surface area contributed by atoms with Crippen LogP contribution < -0.4 is 10.1 Å². The number of fused-ring (bicyclic) bond motifs is 1. The average Bonchev–Trinajstić information content (AvgIpc) is 3.17. The number of ether oxygens (including phenoxy) is 2. The van der Waals surface area contributed by atoms with Gasteiger partial charge in [-0.05, 0) is 42.7 Å². The van der Waals surface area contributed by atoms with Crippen LogP contribution in [0.15, 0.2) is 48.5 Å². The maximum Gasteiger partial charge on any atom is 0.387 e. The van der Waals surface area contributed by atoms with Gasteiger partial charge in [0.2, 0.25) is 0 Å². The van der Waals surface area contributed by atoms with Gasteiger partial charge < -0.3 is 19.7 Å². The van der Waals surface area contributed by atoms with Crippen molar-refractivity contribution in [1.82, 2.24) is 4.90 Å². The van der Waals surface area contributed by atoms with E-state index in [2.05, 4.69) is 10.1 Å². The van der Waals surface area contributed by atoms with Gasteiger partial charge >= 0.3 is 6.61 Å². The topological polar surface area (TPSA) is 50.8 Å². The van der Waals surface area contributed by atoms with Crippen molar-refractivity contribution in [2.45, 2.75) is 31.7 Å². The smallest absolute Gasteiger partial charge is 0.387 e. The highest BCUT2D eigenvalue weighted by Crippen LogP contribution is 2.34. The Morgan fingerprint density at radius 3 is 2.67 bits per heavy atom. The van der Waals surface area contributed by atoms with Gasteiger partial charge in [-0.25, -0.2) is 0 Å². The standard InChI is InChI=1S/C20H20F2N2O3/c21-20(22)27-14-9-7-13(8-10-14)18-23-17-6-2-1-5-16(17)19(25)24(18)12-15-4-3-11-26-15/h1-2,5-10,15,18,20,23H,3-4,11-12H2. The predicted octanol–water partition coefficient (Wildman–Crippen LogP) is 4.03. The molecule has 0 spiro atoms. The van der Waals surface area contributed by atoms with Crippen LogP contribution in [0.4, 0.5) is 14.5 Å². The van der Waals surface area contributed by atoms with E-state index in [1.165, 1.54) is 12.1 Å². The van der Waals surface area contributed by atoms with E-state index in [-0.39, 0.29) is 17.8 Å². The Kier molecular flexibility index (Phi) is 4.94. The van der Waals surface area contributed by atoms with Crippen molar-refractivity contribution in [2.75, 3.05) is 18.5 Å². The number of carbonyl (C=O) groups is 1. The quantitative estimate of drug-likeness (QED) is 0.858. The molecule has 2 unspecified atom stereocenters. The van der Waals surface area contributed by atoms with E-state index < -0.39 is 12.8 Å². The fraction of sp³-hybridized carbons (Fsp3) is 0.350. The number of benzene rings is 2. The van der Waals surface area contributed by atoms with Crippen LogP contribution >= 0.6 is 0 Å². The van der Waals surface area contributed by atoms with Gasteiger partial charge in [0.25, 0.3) is 5.91 Å². The van der Waals surface area contributed by atoms with Gasteiger partial charge in [0.15, 0.2) is 0 Å². The number of nitrogens with zero attached hydrogens (tertiary/aromatic N) is 1. The summed E-state index contributed by atoms with van der Waals surface area (Å²) in [6.07, 6.45) is 1.50. The summed E-state index contributed by atoms with van der Waals surface area (Å²) in [4.78, 5) is 14.9. The molecule has 0 bridgehead atoms. The zero-order chi connectivity index (χ0) is 18.8. The first-order chi connectivity index (χ1) is 13.1. The lowest BCUT2D eigenvalue weighted by Crippen LogP contribution is -2.46. The van der Waals surface area contributed by atoms with Crippen molar-refractivity contribution in [1.29, 1.82) is 0 Å². The third-order valence-corrected chi connectivity index (χ3v) is 4.87. The highest BCUT2D eigenvalue weighted by molar-refractivity contribution is 6.01. The molecule has 0 aliphatic carbocycles. The van der Waals surface area contributed by atoms with E-state index in [9.17, 15) is 13.6 Å². The van der Waals surface area contributed by atoms with Gasteiger partial charge in [-0.2, -0.15) is 8.78 Å². The molecule has 27 heavy (non-hydrogen) atoms. The Hall–Kier alpha value is -2.67. The molecule has 0 saturated carbocycles. The average molecular weight is 374 g/mol. The fourth-order valence-corrected chi connectivity index (χ4v) is 3.58. The van der Waals surface area contributed by atoms with Crippen LogP contribution in [0.25, 0.3) is 0 Å². The van der Waals surface area contributed by atoms with Crippen molar-refractivity contribution in [3.05, 3.63) is 59.7 Å². The van der Waals surface area contributed by atoms with E-state index in [0.717, 1.165) is 24.1 Å². The second-order valence-electron chi connectivity index (χ2n) is 6.63. The Balaban J connectivity index is 1.64. The van der Waals surface area contributed by atoms with Crippen molar-refractivity contribution in [2.24, 2.45) is 0 Å². The molecule has 1 N–H and O–H groups in total. The number of amides is 1. The molecule has 4 rings (SSSR count). The van der Waals surface area contributed by atoms with Gasteiger partial charge in [-0.15, -0.1) is 0 Å². The van der Waals surface area contributed by atoms with Gasteiger partial charge in [0, 0.05) is 18.8 Å². The number of para-hydroxylation sites is 1. The molecular weight excluding hydrogens is 354 g/mol. The van der Waals surface area contributed by atoms with Crippen LogP contribution in [0.3, 0.4) is 0 Å². The molecule has 1 amide bonds. The van der Waals surface area contributed by atoms with Gasteiger partial charge in [0.05, 0.1) is 11.7 Å². The lowest BCUT2D eigenvalue weighted by Gasteiger charge is -2.39. The van der Waals surface area contributed by atoms with Crippen LogP contribution in [0.1, 0.15) is 34.9 Å². The molecule has 0 aromatic heterocycles. The van der Waals surface area contributed by atoms with Crippen LogP contribution in [0, 0.1) is 0 Å². The molecule has 2 aromatic rings. The molecule has 2 aromatic carbocycles. The number of rotatable bonds is 5. The summed E-state index contributed by atoms with van der Waals surface area (Å²) in [6, 6.07) is 13.7. The summed E-state index contributed by atoms with van der Waals surface area (Å²) >= 11 is 0. The Labute approximate surface area is 155 Å². The minimum Gasteiger partial charge on any atom is -0.435 e. The third-order valence-electron chi connectivity index (χ3n) is 4.87. The molecule has 5 nitrogen and oxygen atoms in total. The highest BCUT2D eigenvalue weighted by Gasteiger charge is 2.35. The van der Waals surface area contributed by atoms with Crippen molar-refractivity contribution in [3.8, 4) is 5.75 Å². The van der Waals surface area contributed by atoms with Gasteiger partial charge in [-0.1, -0.05) is 24.3 Å². The number of hydrogen-bond donors (Lipinski definition) is 1. The lowest BCUT2D eigenvalue weighted by molar-refractivity contribution is -0.0498. The molecule has 1 fully saturated rings. The zero-order valence-corrected chi connectivity index (χ0v) is 14.6. The monoisotopic (exact) mass is 374 g/mol. The van der Waals surface area contributed by atoms with E-state index in [1.54, 1.807) is 23.1 Å².